The maximum Gasteiger partial charge on any atom is 0.231 e. The van der Waals surface area contributed by atoms with Crippen LogP contribution in [0.25, 0.3) is 0 Å². The zero-order valence-electron chi connectivity index (χ0n) is 46.6. The minimum absolute atomic E-state index is 0.0553. The number of hydrogen-bond donors (Lipinski definition) is 9. The summed E-state index contributed by atoms with van der Waals surface area (Å²) >= 11 is 0. The molecule has 3 aliphatic heterocycles. The molecule has 2 aromatic carbocycles. The number of amides is 1. The highest BCUT2D eigenvalue weighted by Gasteiger charge is 2.70. The Morgan fingerprint density at radius 3 is 1.86 bits per heavy atom. The third-order valence-corrected chi connectivity index (χ3v) is 22.1. The van der Waals surface area contributed by atoms with Crippen LogP contribution in [0.2, 0.25) is 0 Å². The van der Waals surface area contributed by atoms with Crippen molar-refractivity contribution in [2.75, 3.05) is 11.9 Å². The van der Waals surface area contributed by atoms with E-state index in [4.69, 9.17) is 28.4 Å². The molecule has 3 saturated heterocycles. The molecule has 77 heavy (non-hydrogen) atoms. The number of fused-ring (bicyclic) bond motifs is 7. The molecular formula is C61H89NO15. The maximum atomic E-state index is 15.1. The number of anilines is 1. The molecule has 1 amide bonds. The Bertz CT molecular complexity index is 2430. The number of nitrogens with one attached hydrogen (secondary N) is 1. The minimum Gasteiger partial charge on any atom is -0.394 e. The third-order valence-electron chi connectivity index (χ3n) is 22.1. The Balaban J connectivity index is 0.894. The molecule has 0 spiro atoms. The van der Waals surface area contributed by atoms with Gasteiger partial charge in [-0.2, -0.15) is 0 Å². The largest absolute Gasteiger partial charge is 0.394 e. The second-order valence-corrected chi connectivity index (χ2v) is 26.4. The highest BCUT2D eigenvalue weighted by molar-refractivity contribution is 5.96. The topological polar surface area (TPSA) is 246 Å². The van der Waals surface area contributed by atoms with Gasteiger partial charge in [-0.15, -0.1) is 0 Å². The fraction of sp³-hybridized carbons (Fsp3) is 0.754. The molecular weight excluding hydrogens is 987 g/mol. The molecule has 0 bridgehead atoms. The van der Waals surface area contributed by atoms with Crippen molar-refractivity contribution in [2.24, 2.45) is 56.7 Å². The summed E-state index contributed by atoms with van der Waals surface area (Å²) in [6, 6.07) is 18.8. The molecule has 8 aliphatic rings. The zero-order chi connectivity index (χ0) is 55.3. The SMILES string of the molecule is C[C@H]1[C@H](C)CC[C@]2(C(=O)Nc3ccc(Cc4ccccc4)cc3)CC[C@]3(C)C(=CC[C@@H]4[C@@]5(C)CC[C@H](O[C@@H]6O[C@H](CO)[C@@H](O[C@@H]7O[C@@H](C)[C@H](O)[C@@H](O)[C@H]7O)[C@H](O)[C@H]6O[C@@H]6O[C@@H](C)[C@H](O)[C@@H](O)[C@H]6O)C(C)(C)[C@@H]5CC[C@]43C)[C@H]12. The van der Waals surface area contributed by atoms with E-state index in [2.05, 4.69) is 108 Å². The molecule has 25 atom stereocenters. The lowest BCUT2D eigenvalue weighted by molar-refractivity contribution is -0.393. The summed E-state index contributed by atoms with van der Waals surface area (Å²) < 4.78 is 37.5. The average molecular weight is 1080 g/mol. The number of hydrogen-bond acceptors (Lipinski definition) is 15. The van der Waals surface area contributed by atoms with Crippen LogP contribution in [0.3, 0.4) is 0 Å². The van der Waals surface area contributed by atoms with Gasteiger partial charge in [0, 0.05) is 5.69 Å². The number of allylic oxidation sites excluding steroid dienone is 2. The number of ether oxygens (including phenoxy) is 6. The third kappa shape index (κ3) is 9.61. The van der Waals surface area contributed by atoms with Gasteiger partial charge in [0.05, 0.1) is 30.3 Å². The summed E-state index contributed by atoms with van der Waals surface area (Å²) in [5.41, 5.74) is 3.53. The van der Waals surface area contributed by atoms with Crippen molar-refractivity contribution in [2.45, 2.75) is 225 Å². The van der Waals surface area contributed by atoms with E-state index in [1.165, 1.54) is 30.5 Å². The van der Waals surface area contributed by atoms with Crippen molar-refractivity contribution < 1.29 is 74.1 Å². The molecule has 0 unspecified atom stereocenters. The van der Waals surface area contributed by atoms with Gasteiger partial charge in [0.2, 0.25) is 5.91 Å². The first-order chi connectivity index (χ1) is 36.4. The number of aliphatic hydroxyl groups is 8. The van der Waals surface area contributed by atoms with Gasteiger partial charge >= 0.3 is 0 Å². The predicted octanol–water partition coefficient (Wildman–Crippen LogP) is 5.76. The van der Waals surface area contributed by atoms with Gasteiger partial charge in [0.1, 0.15) is 61.0 Å². The summed E-state index contributed by atoms with van der Waals surface area (Å²) in [5.74, 6) is 1.62. The average Bonchev–Trinajstić information content (AvgIpc) is 3.40. The molecule has 0 aromatic heterocycles. The van der Waals surface area contributed by atoms with Gasteiger partial charge in [-0.05, 0) is 153 Å². The zero-order valence-corrected chi connectivity index (χ0v) is 46.6. The Morgan fingerprint density at radius 2 is 1.23 bits per heavy atom. The first-order valence-corrected chi connectivity index (χ1v) is 28.8. The standard InChI is InChI=1S/C61H89NO15/c1-31-21-26-61(56(71)62-37-17-15-36(16-18-37)29-35-13-11-10-12-14-35)28-27-59(8)38(43(61)32(31)2)19-20-41-58(7)24-23-42(57(5,6)40(58)22-25-60(41,59)9)75-55-52(77-54-49(69)47(67)45(65)34(4)73-54)50(70)51(39(30-63)74-55)76-53-48(68)46(66)44(64)33(3)72-53/h10-19,31-34,39-55,63-70H,20-30H2,1-9H3,(H,62,71)/t31-,32+,33+,34+,39-,40+,41-,42+,43+,44+,45+,46-,47-,48-,49-,50+,51-,52-,53+,54+,55+,58+,59-,60-,61+/m1/s1. The van der Waals surface area contributed by atoms with E-state index in [9.17, 15) is 40.9 Å². The Kier molecular flexibility index (Phi) is 16.0. The van der Waals surface area contributed by atoms with Crippen molar-refractivity contribution in [3.05, 3.63) is 77.4 Å². The van der Waals surface area contributed by atoms with Crippen LogP contribution < -0.4 is 5.32 Å². The fourth-order valence-corrected chi connectivity index (χ4v) is 17.1. The summed E-state index contributed by atoms with van der Waals surface area (Å²) in [4.78, 5) is 15.1. The van der Waals surface area contributed by atoms with Gasteiger partial charge < -0.3 is 74.6 Å². The number of aliphatic hydroxyl groups excluding tert-OH is 8. The van der Waals surface area contributed by atoms with Crippen LogP contribution in [0.5, 0.6) is 0 Å². The summed E-state index contributed by atoms with van der Waals surface area (Å²) in [6.45, 7) is 19.1. The van der Waals surface area contributed by atoms with Gasteiger partial charge in [-0.1, -0.05) is 103 Å². The van der Waals surface area contributed by atoms with E-state index >= 15 is 4.79 Å². The van der Waals surface area contributed by atoms with Crippen molar-refractivity contribution in [1.29, 1.82) is 0 Å². The number of carbonyl (C=O) groups excluding carboxylic acids is 1. The first-order valence-electron chi connectivity index (χ1n) is 28.8. The van der Waals surface area contributed by atoms with Crippen LogP contribution in [0, 0.1) is 56.7 Å². The second-order valence-electron chi connectivity index (χ2n) is 26.4. The molecule has 3 heterocycles. The van der Waals surface area contributed by atoms with E-state index in [1.807, 2.05) is 6.07 Å². The number of rotatable bonds is 11. The quantitative estimate of drug-likeness (QED) is 0.0959. The van der Waals surface area contributed by atoms with E-state index in [-0.39, 0.29) is 34.0 Å². The molecule has 5 aliphatic carbocycles. The van der Waals surface area contributed by atoms with E-state index in [0.717, 1.165) is 63.5 Å². The lowest BCUT2D eigenvalue weighted by Gasteiger charge is -2.71. The maximum absolute atomic E-state index is 15.1. The molecule has 7 fully saturated rings. The Morgan fingerprint density at radius 1 is 0.623 bits per heavy atom. The van der Waals surface area contributed by atoms with Crippen LogP contribution in [0.1, 0.15) is 131 Å². The normalized spacial score (nSPS) is 48.5. The second kappa shape index (κ2) is 21.4. The number of carbonyl (C=O) groups is 1. The first kappa shape index (κ1) is 57.3. The van der Waals surface area contributed by atoms with Crippen LogP contribution in [-0.2, 0) is 39.6 Å². The molecule has 9 N–H and O–H groups in total. The van der Waals surface area contributed by atoms with Crippen molar-refractivity contribution >= 4 is 11.6 Å². The number of benzene rings is 2. The van der Waals surface area contributed by atoms with Gasteiger partial charge in [-0.25, -0.2) is 0 Å². The van der Waals surface area contributed by atoms with Gasteiger partial charge in [-0.3, -0.25) is 4.79 Å². The fourth-order valence-electron chi connectivity index (χ4n) is 17.1. The van der Waals surface area contributed by atoms with Crippen molar-refractivity contribution in [3.8, 4) is 0 Å². The lowest BCUT2D eigenvalue weighted by atomic mass is 9.33. The van der Waals surface area contributed by atoms with Crippen LogP contribution in [-0.4, -0.2) is 152 Å². The van der Waals surface area contributed by atoms with Gasteiger partial charge in [0.25, 0.3) is 0 Å². The van der Waals surface area contributed by atoms with Crippen LogP contribution >= 0.6 is 0 Å². The molecule has 428 valence electrons. The van der Waals surface area contributed by atoms with Crippen LogP contribution in [0.15, 0.2) is 66.2 Å². The molecule has 0 radical (unpaired) electrons. The van der Waals surface area contributed by atoms with E-state index < -0.39 is 116 Å². The Labute approximate surface area is 454 Å². The predicted molar refractivity (Wildman–Crippen MR) is 284 cm³/mol. The molecule has 16 heteroatoms. The van der Waals surface area contributed by atoms with E-state index in [1.54, 1.807) is 0 Å². The summed E-state index contributed by atoms with van der Waals surface area (Å²) in [7, 11) is 0. The molecule has 16 nitrogen and oxygen atoms in total. The summed E-state index contributed by atoms with van der Waals surface area (Å²) in [5, 5.41) is 90.9. The smallest absolute Gasteiger partial charge is 0.231 e. The summed E-state index contributed by atoms with van der Waals surface area (Å²) in [6.07, 6.45) is -11.0. The molecule has 10 rings (SSSR count). The van der Waals surface area contributed by atoms with Crippen molar-refractivity contribution in [3.63, 3.8) is 0 Å². The molecule has 2 aromatic rings. The van der Waals surface area contributed by atoms with Gasteiger partial charge in [0.15, 0.2) is 18.9 Å². The highest BCUT2D eigenvalue weighted by Crippen LogP contribution is 2.76. The molecule has 4 saturated carbocycles. The highest BCUT2D eigenvalue weighted by atomic mass is 16.8. The minimum atomic E-state index is -1.74. The van der Waals surface area contributed by atoms with E-state index in [0.29, 0.717) is 24.2 Å². The lowest BCUT2D eigenvalue weighted by Crippen LogP contribution is -2.68. The van der Waals surface area contributed by atoms with Crippen LogP contribution in [0.4, 0.5) is 5.69 Å². The Hall–Kier alpha value is -2.91. The van der Waals surface area contributed by atoms with Crippen molar-refractivity contribution in [1.82, 2.24) is 0 Å². The monoisotopic (exact) mass is 1080 g/mol.